The zero-order valence-electron chi connectivity index (χ0n) is 7.66. The van der Waals surface area contributed by atoms with Crippen molar-refractivity contribution < 1.29 is 10.2 Å². The maximum atomic E-state index is 9.64. The molecule has 0 saturated heterocycles. The third kappa shape index (κ3) is 3.03. The molecular formula is C9H16ClNO2. The quantitative estimate of drug-likeness (QED) is 0.636. The monoisotopic (exact) mass is 205 g/mol. The Hall–Kier alpha value is -0.510. The summed E-state index contributed by atoms with van der Waals surface area (Å²) in [4.78, 5) is 0. The summed E-state index contributed by atoms with van der Waals surface area (Å²) in [5.74, 6) is 0.0308. The summed E-state index contributed by atoms with van der Waals surface area (Å²) in [6, 6.07) is 0. The summed E-state index contributed by atoms with van der Waals surface area (Å²) in [5.41, 5.74) is 5.36. The Morgan fingerprint density at radius 1 is 1.54 bits per heavy atom. The van der Waals surface area contributed by atoms with E-state index in [4.69, 9.17) is 5.73 Å². The highest BCUT2D eigenvalue weighted by Crippen LogP contribution is 2.28. The summed E-state index contributed by atoms with van der Waals surface area (Å²) in [5, 5.41) is 18.9. The number of aliphatic hydroxyl groups excluding tert-OH is 1. The van der Waals surface area contributed by atoms with E-state index in [-0.39, 0.29) is 18.2 Å². The lowest BCUT2D eigenvalue weighted by Crippen LogP contribution is -2.29. The fraction of sp³-hybridized carbons (Fsp3) is 0.556. The van der Waals surface area contributed by atoms with Gasteiger partial charge in [0.25, 0.3) is 0 Å². The zero-order chi connectivity index (χ0) is 9.19. The molecule has 1 aliphatic carbocycles. The number of rotatable bonds is 2. The lowest BCUT2D eigenvalue weighted by Gasteiger charge is -2.26. The molecule has 1 rings (SSSR count). The van der Waals surface area contributed by atoms with Gasteiger partial charge in [-0.15, -0.1) is 12.4 Å². The number of hydrogen-bond donors (Lipinski definition) is 3. The topological polar surface area (TPSA) is 66.5 Å². The highest BCUT2D eigenvalue weighted by molar-refractivity contribution is 5.85. The molecule has 0 aliphatic heterocycles. The minimum absolute atomic E-state index is 0. The second-order valence-electron chi connectivity index (χ2n) is 3.37. The van der Waals surface area contributed by atoms with Crippen LogP contribution in [-0.4, -0.2) is 22.4 Å². The van der Waals surface area contributed by atoms with Gasteiger partial charge >= 0.3 is 0 Å². The summed E-state index contributed by atoms with van der Waals surface area (Å²) in [6.45, 7) is 2.18. The van der Waals surface area contributed by atoms with Gasteiger partial charge in [-0.25, -0.2) is 0 Å². The van der Waals surface area contributed by atoms with Crippen molar-refractivity contribution in [2.24, 2.45) is 5.73 Å². The molecule has 0 aromatic heterocycles. The number of nitrogens with two attached hydrogens (primary N) is 1. The van der Waals surface area contributed by atoms with Gasteiger partial charge in [0.05, 0.1) is 0 Å². The second-order valence-corrected chi connectivity index (χ2v) is 3.37. The van der Waals surface area contributed by atoms with E-state index in [0.29, 0.717) is 13.0 Å². The molecule has 0 aromatic carbocycles. The van der Waals surface area contributed by atoms with Crippen LogP contribution in [0.5, 0.6) is 0 Å². The first-order chi connectivity index (χ1) is 5.56. The molecule has 1 atom stereocenters. The maximum absolute atomic E-state index is 9.64. The molecule has 0 bridgehead atoms. The van der Waals surface area contributed by atoms with Gasteiger partial charge in [-0.2, -0.15) is 0 Å². The standard InChI is InChI=1S/C9H15NO2.ClH/c1-9(12)6-7(4-5-10)2-3-8(9)11;/h2-3,11-12H,4-6,10H2,1H3;1H. The van der Waals surface area contributed by atoms with Crippen LogP contribution >= 0.6 is 12.4 Å². The molecule has 76 valence electrons. The normalized spacial score (nSPS) is 27.3. The molecule has 4 heteroatoms. The summed E-state index contributed by atoms with van der Waals surface area (Å²) < 4.78 is 0. The van der Waals surface area contributed by atoms with E-state index in [1.807, 2.05) is 6.08 Å². The lowest BCUT2D eigenvalue weighted by atomic mass is 9.88. The molecule has 13 heavy (non-hydrogen) atoms. The Morgan fingerprint density at radius 2 is 2.15 bits per heavy atom. The molecular weight excluding hydrogens is 190 g/mol. The second kappa shape index (κ2) is 4.65. The molecule has 0 radical (unpaired) electrons. The van der Waals surface area contributed by atoms with Crippen molar-refractivity contribution in [3.63, 3.8) is 0 Å². The van der Waals surface area contributed by atoms with Gasteiger partial charge in [0.1, 0.15) is 11.4 Å². The molecule has 0 fully saturated rings. The predicted octanol–water partition coefficient (Wildman–Crippen LogP) is 1.28. The van der Waals surface area contributed by atoms with Gasteiger partial charge in [-0.05, 0) is 26.0 Å². The van der Waals surface area contributed by atoms with Gasteiger partial charge in [0.15, 0.2) is 0 Å². The average Bonchev–Trinajstić information content (AvgIpc) is 1.97. The van der Waals surface area contributed by atoms with Crippen LogP contribution in [0.2, 0.25) is 0 Å². The molecule has 0 amide bonds. The molecule has 4 N–H and O–H groups in total. The van der Waals surface area contributed by atoms with Gasteiger partial charge < -0.3 is 15.9 Å². The first kappa shape index (κ1) is 12.5. The molecule has 0 spiro atoms. The van der Waals surface area contributed by atoms with Crippen molar-refractivity contribution in [1.29, 1.82) is 0 Å². The van der Waals surface area contributed by atoms with Crippen molar-refractivity contribution in [1.82, 2.24) is 0 Å². The van der Waals surface area contributed by atoms with Crippen molar-refractivity contribution in [3.8, 4) is 0 Å². The molecule has 1 unspecified atom stereocenters. The van der Waals surface area contributed by atoms with Crippen LogP contribution < -0.4 is 5.73 Å². The Morgan fingerprint density at radius 3 is 2.62 bits per heavy atom. The molecule has 0 aromatic rings. The molecule has 1 aliphatic rings. The summed E-state index contributed by atoms with van der Waals surface area (Å²) >= 11 is 0. The minimum Gasteiger partial charge on any atom is -0.509 e. The third-order valence-corrected chi connectivity index (χ3v) is 2.07. The van der Waals surface area contributed by atoms with Crippen LogP contribution in [0.3, 0.4) is 0 Å². The van der Waals surface area contributed by atoms with Crippen LogP contribution in [0.4, 0.5) is 0 Å². The lowest BCUT2D eigenvalue weighted by molar-refractivity contribution is 0.0507. The highest BCUT2D eigenvalue weighted by Gasteiger charge is 2.28. The third-order valence-electron chi connectivity index (χ3n) is 2.07. The van der Waals surface area contributed by atoms with Crippen LogP contribution in [0.1, 0.15) is 19.8 Å². The SMILES string of the molecule is CC1(O)CC(CCN)=CC=C1O.Cl. The first-order valence-corrected chi connectivity index (χ1v) is 4.08. The van der Waals surface area contributed by atoms with Gasteiger partial charge in [-0.1, -0.05) is 11.6 Å². The average molecular weight is 206 g/mol. The van der Waals surface area contributed by atoms with E-state index >= 15 is 0 Å². The van der Waals surface area contributed by atoms with E-state index in [9.17, 15) is 10.2 Å². The Bertz CT molecular complexity index is 234. The minimum atomic E-state index is -1.10. The van der Waals surface area contributed by atoms with Crippen molar-refractivity contribution in [2.75, 3.05) is 6.54 Å². The van der Waals surface area contributed by atoms with Gasteiger partial charge in [0.2, 0.25) is 0 Å². The fourth-order valence-corrected chi connectivity index (χ4v) is 1.33. The number of halogens is 1. The van der Waals surface area contributed by atoms with Crippen molar-refractivity contribution >= 4 is 12.4 Å². The van der Waals surface area contributed by atoms with Crippen LogP contribution in [-0.2, 0) is 0 Å². The first-order valence-electron chi connectivity index (χ1n) is 4.08. The van der Waals surface area contributed by atoms with Crippen LogP contribution in [0.15, 0.2) is 23.5 Å². The maximum Gasteiger partial charge on any atom is 0.124 e. The highest BCUT2D eigenvalue weighted by atomic mass is 35.5. The van der Waals surface area contributed by atoms with Crippen molar-refractivity contribution in [2.45, 2.75) is 25.4 Å². The molecule has 0 saturated carbocycles. The van der Waals surface area contributed by atoms with Crippen molar-refractivity contribution in [3.05, 3.63) is 23.5 Å². The van der Waals surface area contributed by atoms with Crippen LogP contribution in [0, 0.1) is 0 Å². The number of hydrogen-bond acceptors (Lipinski definition) is 3. The molecule has 3 nitrogen and oxygen atoms in total. The van der Waals surface area contributed by atoms with E-state index in [0.717, 1.165) is 12.0 Å². The predicted molar refractivity (Wildman–Crippen MR) is 55.0 cm³/mol. The Balaban J connectivity index is 0.00000144. The van der Waals surface area contributed by atoms with Gasteiger partial charge in [-0.3, -0.25) is 0 Å². The van der Waals surface area contributed by atoms with Crippen LogP contribution in [0.25, 0.3) is 0 Å². The van der Waals surface area contributed by atoms with E-state index < -0.39 is 5.60 Å². The summed E-state index contributed by atoms with van der Waals surface area (Å²) in [7, 11) is 0. The molecule has 0 heterocycles. The van der Waals surface area contributed by atoms with E-state index in [2.05, 4.69) is 0 Å². The number of allylic oxidation sites excluding steroid dienone is 2. The van der Waals surface area contributed by atoms with Gasteiger partial charge in [0, 0.05) is 6.42 Å². The Kier molecular flexibility index (Phi) is 4.47. The number of aliphatic hydroxyl groups is 2. The largest absolute Gasteiger partial charge is 0.509 e. The van der Waals surface area contributed by atoms with E-state index in [1.54, 1.807) is 6.92 Å². The fourth-order valence-electron chi connectivity index (χ4n) is 1.33. The van der Waals surface area contributed by atoms with E-state index in [1.165, 1.54) is 6.08 Å². The zero-order valence-corrected chi connectivity index (χ0v) is 8.47. The summed E-state index contributed by atoms with van der Waals surface area (Å²) in [6.07, 6.45) is 4.61. The Labute approximate surface area is 84.4 Å². The smallest absolute Gasteiger partial charge is 0.124 e.